The van der Waals surface area contributed by atoms with Gasteiger partial charge in [-0.3, -0.25) is 14.3 Å². The highest BCUT2D eigenvalue weighted by Gasteiger charge is 2.36. The van der Waals surface area contributed by atoms with Gasteiger partial charge in [-0.25, -0.2) is 9.18 Å². The van der Waals surface area contributed by atoms with Gasteiger partial charge in [0.15, 0.2) is 5.69 Å². The lowest BCUT2D eigenvalue weighted by Gasteiger charge is -2.37. The van der Waals surface area contributed by atoms with Crippen molar-refractivity contribution in [1.82, 2.24) is 29.8 Å². The molecule has 5 rings (SSSR count). The monoisotopic (exact) mass is 660 g/mol. The number of amides is 4. The van der Waals surface area contributed by atoms with Gasteiger partial charge >= 0.3 is 6.03 Å². The topological polar surface area (TPSA) is 106 Å². The van der Waals surface area contributed by atoms with Gasteiger partial charge in [0, 0.05) is 94.0 Å². The zero-order valence-corrected chi connectivity index (χ0v) is 29.2. The average Bonchev–Trinajstić information content (AvgIpc) is 3.46. The van der Waals surface area contributed by atoms with Crippen LogP contribution in [0.25, 0.3) is 0 Å². The second-order valence-corrected chi connectivity index (χ2v) is 13.9. The van der Waals surface area contributed by atoms with Crippen molar-refractivity contribution in [3.8, 4) is 0 Å². The van der Waals surface area contributed by atoms with E-state index in [1.807, 2.05) is 48.1 Å². The van der Waals surface area contributed by atoms with Gasteiger partial charge in [-0.15, -0.1) is 0 Å². The fraction of sp³-hybridized carbons (Fsp3) is 0.500. The molecule has 3 heterocycles. The van der Waals surface area contributed by atoms with Crippen molar-refractivity contribution >= 4 is 29.2 Å². The Balaban J connectivity index is 1.27. The summed E-state index contributed by atoms with van der Waals surface area (Å²) >= 11 is 0. The number of alkyl halides is 1. The molecule has 1 atom stereocenters. The lowest BCUT2D eigenvalue weighted by molar-refractivity contribution is 0.0335. The Morgan fingerprint density at radius 3 is 2.27 bits per heavy atom. The van der Waals surface area contributed by atoms with E-state index in [4.69, 9.17) is 5.10 Å². The molecular formula is C36H49FN8O3. The Hall–Kier alpha value is -4.45. The Morgan fingerprint density at radius 1 is 1.02 bits per heavy atom. The summed E-state index contributed by atoms with van der Waals surface area (Å²) in [6, 6.07) is 14.7. The fourth-order valence-electron chi connectivity index (χ4n) is 6.52. The highest BCUT2D eigenvalue weighted by molar-refractivity contribution is 5.95. The number of fused-ring (bicyclic) bond motifs is 1. The van der Waals surface area contributed by atoms with E-state index in [-0.39, 0.29) is 36.3 Å². The summed E-state index contributed by atoms with van der Waals surface area (Å²) in [7, 11) is 7.02. The Bertz CT molecular complexity index is 1610. The third-order valence-corrected chi connectivity index (χ3v) is 9.36. The fourth-order valence-corrected chi connectivity index (χ4v) is 6.52. The first-order chi connectivity index (χ1) is 22.7. The molecule has 4 amide bonds. The third kappa shape index (κ3) is 7.81. The van der Waals surface area contributed by atoms with E-state index in [0.29, 0.717) is 56.0 Å². The third-order valence-electron chi connectivity index (χ3n) is 9.36. The number of benzene rings is 2. The second-order valence-electron chi connectivity index (χ2n) is 13.9. The molecule has 48 heavy (non-hydrogen) atoms. The largest absolute Gasteiger partial charge is 0.366 e. The maximum atomic E-state index is 15.4. The van der Waals surface area contributed by atoms with Crippen LogP contribution in [0.5, 0.6) is 0 Å². The zero-order chi connectivity index (χ0) is 34.7. The summed E-state index contributed by atoms with van der Waals surface area (Å²) in [6.07, 6.45) is 0.849. The molecule has 2 N–H and O–H groups in total. The molecule has 0 bridgehead atoms. The van der Waals surface area contributed by atoms with Crippen molar-refractivity contribution in [3.63, 3.8) is 0 Å². The Kier molecular flexibility index (Phi) is 10.4. The minimum absolute atomic E-state index is 0.0822. The first-order valence-corrected chi connectivity index (χ1v) is 16.7. The van der Waals surface area contributed by atoms with Gasteiger partial charge in [0.25, 0.3) is 11.8 Å². The minimum atomic E-state index is -1.36. The lowest BCUT2D eigenvalue weighted by Crippen LogP contribution is -2.47. The molecule has 0 aliphatic carbocycles. The molecule has 0 unspecified atom stereocenters. The number of carbonyl (C=O) groups excluding carboxylic acids is 3. The molecule has 3 aromatic rings. The number of hydrogen-bond donors (Lipinski definition) is 2. The highest BCUT2D eigenvalue weighted by atomic mass is 19.1. The van der Waals surface area contributed by atoms with Gasteiger partial charge in [0.2, 0.25) is 0 Å². The van der Waals surface area contributed by atoms with E-state index in [2.05, 4.69) is 41.2 Å². The molecule has 12 heteroatoms. The number of anilines is 2. The number of likely N-dealkylation sites (tertiary alicyclic amines) is 1. The number of urea groups is 1. The molecule has 2 aliphatic heterocycles. The van der Waals surface area contributed by atoms with Crippen LogP contribution in [0, 0.1) is 0 Å². The standard InChI is InChI=1S/C36H49FN8O3/c1-24(2)45-32-25(3)21-44(29-14-10-27(11-15-29)34(47)43(7)23-36(37)16-18-42(6)19-17-36)22-30(32)31(40-45)33(46)38-20-26-8-12-28(13-9-26)39-35(48)41(4)5/h8-15,24-25H,16-23H2,1-7H3,(H,38,46)(H,39,48)/t25-/m0/s1. The van der Waals surface area contributed by atoms with Crippen LogP contribution >= 0.6 is 0 Å². The first kappa shape index (κ1) is 34.9. The predicted octanol–water partition coefficient (Wildman–Crippen LogP) is 5.12. The summed E-state index contributed by atoms with van der Waals surface area (Å²) in [5.41, 5.74) is 4.03. The van der Waals surface area contributed by atoms with Crippen molar-refractivity contribution in [3.05, 3.63) is 76.6 Å². The molecule has 11 nitrogen and oxygen atoms in total. The van der Waals surface area contributed by atoms with E-state index >= 15 is 4.39 Å². The molecule has 2 aliphatic rings. The maximum absolute atomic E-state index is 15.4. The molecule has 0 saturated carbocycles. The summed E-state index contributed by atoms with van der Waals surface area (Å²) in [5, 5.41) is 10.6. The van der Waals surface area contributed by atoms with Crippen LogP contribution in [0.1, 0.15) is 83.2 Å². The Morgan fingerprint density at radius 2 is 1.67 bits per heavy atom. The van der Waals surface area contributed by atoms with Gasteiger partial charge < -0.3 is 30.2 Å². The van der Waals surface area contributed by atoms with Crippen LogP contribution < -0.4 is 15.5 Å². The lowest BCUT2D eigenvalue weighted by atomic mass is 9.93. The number of halogens is 1. The summed E-state index contributed by atoms with van der Waals surface area (Å²) in [4.78, 5) is 46.0. The minimum Gasteiger partial charge on any atom is -0.366 e. The second kappa shape index (κ2) is 14.3. The molecule has 0 spiro atoms. The number of rotatable bonds is 9. The number of piperidine rings is 1. The molecule has 1 aromatic heterocycles. The van der Waals surface area contributed by atoms with E-state index < -0.39 is 5.67 Å². The smallest absolute Gasteiger partial charge is 0.321 e. The van der Waals surface area contributed by atoms with Crippen LogP contribution in [-0.4, -0.2) is 102 Å². The molecular weight excluding hydrogens is 611 g/mol. The van der Waals surface area contributed by atoms with Crippen molar-refractivity contribution < 1.29 is 18.8 Å². The normalized spacial score (nSPS) is 17.5. The number of nitrogens with one attached hydrogen (secondary N) is 2. The quantitative estimate of drug-likeness (QED) is 0.330. The SMILES string of the molecule is CC(C)n1nc(C(=O)NCc2ccc(NC(=O)N(C)C)cc2)c2c1[C@@H](C)CN(c1ccc(C(=O)N(C)CC3(F)CCN(C)CC3)cc1)C2. The number of hydrogen-bond acceptors (Lipinski definition) is 6. The number of nitrogens with zero attached hydrogens (tertiary/aromatic N) is 6. The van der Waals surface area contributed by atoms with Crippen LogP contribution in [0.15, 0.2) is 48.5 Å². The summed E-state index contributed by atoms with van der Waals surface area (Å²) in [5.74, 6) is -0.335. The molecule has 2 aromatic carbocycles. The van der Waals surface area contributed by atoms with Crippen LogP contribution in [0.3, 0.4) is 0 Å². The van der Waals surface area contributed by atoms with Crippen molar-refractivity contribution in [1.29, 1.82) is 0 Å². The maximum Gasteiger partial charge on any atom is 0.321 e. The van der Waals surface area contributed by atoms with Crippen LogP contribution in [-0.2, 0) is 13.1 Å². The van der Waals surface area contributed by atoms with E-state index in [9.17, 15) is 14.4 Å². The van der Waals surface area contributed by atoms with Gasteiger partial charge in [-0.2, -0.15) is 5.10 Å². The number of aromatic nitrogens is 2. The summed E-state index contributed by atoms with van der Waals surface area (Å²) in [6.45, 7) is 9.28. The van der Waals surface area contributed by atoms with E-state index in [0.717, 1.165) is 29.1 Å². The van der Waals surface area contributed by atoms with Crippen LogP contribution in [0.2, 0.25) is 0 Å². The molecule has 258 valence electrons. The Labute approximate surface area is 283 Å². The average molecular weight is 661 g/mol. The van der Waals surface area contributed by atoms with E-state index in [1.54, 1.807) is 33.3 Å². The van der Waals surface area contributed by atoms with Crippen molar-refractivity contribution in [2.24, 2.45) is 0 Å². The highest BCUT2D eigenvalue weighted by Crippen LogP contribution is 2.35. The first-order valence-electron chi connectivity index (χ1n) is 16.7. The predicted molar refractivity (Wildman–Crippen MR) is 186 cm³/mol. The number of carbonyl (C=O) groups is 3. The van der Waals surface area contributed by atoms with E-state index in [1.165, 1.54) is 9.80 Å². The molecule has 1 saturated heterocycles. The van der Waals surface area contributed by atoms with Crippen molar-refractivity contribution in [2.75, 3.05) is 64.6 Å². The van der Waals surface area contributed by atoms with Gasteiger partial charge in [0.1, 0.15) is 5.67 Å². The van der Waals surface area contributed by atoms with Crippen LogP contribution in [0.4, 0.5) is 20.6 Å². The zero-order valence-electron chi connectivity index (χ0n) is 29.2. The van der Waals surface area contributed by atoms with Gasteiger partial charge in [-0.05, 0) is 75.7 Å². The van der Waals surface area contributed by atoms with Gasteiger partial charge in [0.05, 0.1) is 6.54 Å². The van der Waals surface area contributed by atoms with Crippen molar-refractivity contribution in [2.45, 2.75) is 64.3 Å². The van der Waals surface area contributed by atoms with Gasteiger partial charge in [-0.1, -0.05) is 19.1 Å². The summed E-state index contributed by atoms with van der Waals surface area (Å²) < 4.78 is 17.4. The molecule has 0 radical (unpaired) electrons. The molecule has 1 fully saturated rings.